The molecule has 3 N–H and O–H groups in total. The first-order valence-electron chi connectivity index (χ1n) is 8.99. The average molecular weight is 372 g/mol. The van der Waals surface area contributed by atoms with E-state index in [4.69, 9.17) is 0 Å². The Labute approximate surface area is 157 Å². The minimum Gasteiger partial charge on any atom is -0.478 e. The van der Waals surface area contributed by atoms with Crippen molar-refractivity contribution in [3.05, 3.63) is 46.2 Å². The molecule has 1 heterocycles. The Hall–Kier alpha value is -2.34. The fourth-order valence-corrected chi connectivity index (χ4v) is 4.11. The lowest BCUT2D eigenvalue weighted by molar-refractivity contribution is -0.115. The van der Waals surface area contributed by atoms with E-state index in [-0.39, 0.29) is 17.9 Å². The smallest absolute Gasteiger partial charge is 0.335 e. The third-order valence-corrected chi connectivity index (χ3v) is 5.78. The number of carboxylic acid groups (broad SMARTS) is 1. The lowest BCUT2D eigenvalue weighted by atomic mass is 9.86. The monoisotopic (exact) mass is 372 g/mol. The van der Waals surface area contributed by atoms with Gasteiger partial charge in [0.15, 0.2) is 0 Å². The van der Waals surface area contributed by atoms with Crippen LogP contribution in [0.25, 0.3) is 0 Å². The standard InChI is InChI=1S/C20H24N2O3S/c1-13-5-2-3-7-16(13)21-17-9-8-14(20(24)25)11-18(17)22-19(23)12-15-6-4-10-26-15/h4,6,8-11,13,16,21H,2-3,5,7,12H2,1H3,(H,22,23)(H,24,25). The number of hydrogen-bond donors (Lipinski definition) is 3. The molecule has 1 amide bonds. The van der Waals surface area contributed by atoms with Crippen molar-refractivity contribution in [3.8, 4) is 0 Å². The molecule has 1 aromatic heterocycles. The topological polar surface area (TPSA) is 78.4 Å². The number of carbonyl (C=O) groups is 2. The Morgan fingerprint density at radius 2 is 2.00 bits per heavy atom. The predicted molar refractivity (Wildman–Crippen MR) is 105 cm³/mol. The summed E-state index contributed by atoms with van der Waals surface area (Å²) in [5.41, 5.74) is 1.48. The van der Waals surface area contributed by atoms with E-state index < -0.39 is 5.97 Å². The molecule has 2 unspecified atom stereocenters. The minimum atomic E-state index is -1.00. The van der Waals surface area contributed by atoms with Crippen molar-refractivity contribution in [2.75, 3.05) is 10.6 Å². The summed E-state index contributed by atoms with van der Waals surface area (Å²) in [7, 11) is 0. The summed E-state index contributed by atoms with van der Waals surface area (Å²) in [5.74, 6) is -0.594. The van der Waals surface area contributed by atoms with Crippen molar-refractivity contribution in [2.24, 2.45) is 5.92 Å². The van der Waals surface area contributed by atoms with Gasteiger partial charge in [0.25, 0.3) is 0 Å². The van der Waals surface area contributed by atoms with Gasteiger partial charge in [-0.2, -0.15) is 0 Å². The van der Waals surface area contributed by atoms with E-state index >= 15 is 0 Å². The molecule has 1 aliphatic rings. The van der Waals surface area contributed by atoms with E-state index in [0.717, 1.165) is 17.0 Å². The Bertz CT molecular complexity index is 773. The van der Waals surface area contributed by atoms with Gasteiger partial charge in [-0.3, -0.25) is 4.79 Å². The lowest BCUT2D eigenvalue weighted by Crippen LogP contribution is -2.31. The maximum Gasteiger partial charge on any atom is 0.335 e. The maximum atomic E-state index is 12.4. The van der Waals surface area contributed by atoms with Crippen LogP contribution in [-0.4, -0.2) is 23.0 Å². The number of thiophene rings is 1. The molecule has 1 aromatic carbocycles. The molecule has 6 heteroatoms. The zero-order valence-electron chi connectivity index (χ0n) is 14.8. The van der Waals surface area contributed by atoms with Crippen molar-refractivity contribution in [2.45, 2.75) is 45.1 Å². The fraction of sp³-hybridized carbons (Fsp3) is 0.400. The molecular formula is C20H24N2O3S. The van der Waals surface area contributed by atoms with E-state index in [1.54, 1.807) is 12.1 Å². The van der Waals surface area contributed by atoms with Gasteiger partial charge < -0.3 is 15.7 Å². The fourth-order valence-electron chi connectivity index (χ4n) is 3.40. The molecule has 5 nitrogen and oxygen atoms in total. The molecule has 0 spiro atoms. The van der Waals surface area contributed by atoms with Crippen LogP contribution in [0.3, 0.4) is 0 Å². The Morgan fingerprint density at radius 3 is 2.69 bits per heavy atom. The van der Waals surface area contributed by atoms with Crippen molar-refractivity contribution in [1.29, 1.82) is 0 Å². The highest BCUT2D eigenvalue weighted by Crippen LogP contribution is 2.31. The molecule has 138 valence electrons. The highest BCUT2D eigenvalue weighted by Gasteiger charge is 2.22. The van der Waals surface area contributed by atoms with Crippen LogP contribution in [0.2, 0.25) is 0 Å². The van der Waals surface area contributed by atoms with Crippen LogP contribution in [0.4, 0.5) is 11.4 Å². The van der Waals surface area contributed by atoms with Gasteiger partial charge in [-0.1, -0.05) is 25.8 Å². The first-order chi connectivity index (χ1) is 12.5. The number of carboxylic acids is 1. The summed E-state index contributed by atoms with van der Waals surface area (Å²) < 4.78 is 0. The number of rotatable bonds is 6. The lowest BCUT2D eigenvalue weighted by Gasteiger charge is -2.31. The number of anilines is 2. The van der Waals surface area contributed by atoms with Crippen molar-refractivity contribution in [1.82, 2.24) is 0 Å². The molecule has 26 heavy (non-hydrogen) atoms. The number of nitrogens with one attached hydrogen (secondary N) is 2. The second-order valence-corrected chi connectivity index (χ2v) is 7.91. The Morgan fingerprint density at radius 1 is 1.19 bits per heavy atom. The quantitative estimate of drug-likeness (QED) is 0.691. The van der Waals surface area contributed by atoms with E-state index in [1.165, 1.54) is 36.7 Å². The van der Waals surface area contributed by atoms with Crippen LogP contribution >= 0.6 is 11.3 Å². The SMILES string of the molecule is CC1CCCCC1Nc1ccc(C(=O)O)cc1NC(=O)Cc1cccs1. The van der Waals surface area contributed by atoms with Gasteiger partial charge in [-0.05, 0) is 48.4 Å². The highest BCUT2D eigenvalue weighted by atomic mass is 32.1. The van der Waals surface area contributed by atoms with E-state index in [0.29, 0.717) is 17.6 Å². The van der Waals surface area contributed by atoms with Gasteiger partial charge in [-0.25, -0.2) is 4.79 Å². The summed E-state index contributed by atoms with van der Waals surface area (Å²) in [6, 6.07) is 9.03. The molecule has 2 atom stereocenters. The Balaban J connectivity index is 1.79. The van der Waals surface area contributed by atoms with Gasteiger partial charge in [0, 0.05) is 10.9 Å². The number of hydrogen-bond acceptors (Lipinski definition) is 4. The molecule has 2 aromatic rings. The minimum absolute atomic E-state index is 0.144. The molecule has 0 bridgehead atoms. The largest absolute Gasteiger partial charge is 0.478 e. The predicted octanol–water partition coefficient (Wildman–Crippen LogP) is 4.62. The van der Waals surface area contributed by atoms with Crippen molar-refractivity contribution in [3.63, 3.8) is 0 Å². The molecule has 0 saturated heterocycles. The first kappa shape index (κ1) is 18.5. The van der Waals surface area contributed by atoms with Crippen molar-refractivity contribution < 1.29 is 14.7 Å². The summed E-state index contributed by atoms with van der Waals surface area (Å²) >= 11 is 1.53. The third kappa shape index (κ3) is 4.64. The zero-order chi connectivity index (χ0) is 18.5. The van der Waals surface area contributed by atoms with Gasteiger partial charge in [0.2, 0.25) is 5.91 Å². The molecule has 0 aliphatic heterocycles. The summed E-state index contributed by atoms with van der Waals surface area (Å²) in [6.45, 7) is 2.23. The Kier molecular flexibility index (Phi) is 5.93. The van der Waals surface area contributed by atoms with Crippen LogP contribution in [-0.2, 0) is 11.2 Å². The van der Waals surface area contributed by atoms with E-state index in [9.17, 15) is 14.7 Å². The summed E-state index contributed by atoms with van der Waals surface area (Å²) in [6.07, 6.45) is 5.00. The molecular weight excluding hydrogens is 348 g/mol. The van der Waals surface area contributed by atoms with Crippen LogP contribution in [0.15, 0.2) is 35.7 Å². The summed E-state index contributed by atoms with van der Waals surface area (Å²) in [4.78, 5) is 24.7. The highest BCUT2D eigenvalue weighted by molar-refractivity contribution is 7.10. The van der Waals surface area contributed by atoms with Gasteiger partial charge in [0.1, 0.15) is 0 Å². The van der Waals surface area contributed by atoms with Gasteiger partial charge >= 0.3 is 5.97 Å². The third-order valence-electron chi connectivity index (χ3n) is 4.91. The van der Waals surface area contributed by atoms with E-state index in [1.807, 2.05) is 17.5 Å². The average Bonchev–Trinajstić information content (AvgIpc) is 3.11. The van der Waals surface area contributed by atoms with Crippen LogP contribution in [0.1, 0.15) is 47.8 Å². The number of aromatic carboxylic acids is 1. The van der Waals surface area contributed by atoms with Gasteiger partial charge in [0.05, 0.1) is 23.4 Å². The number of carbonyl (C=O) groups excluding carboxylic acids is 1. The van der Waals surface area contributed by atoms with Crippen LogP contribution in [0, 0.1) is 5.92 Å². The maximum absolute atomic E-state index is 12.4. The molecule has 1 saturated carbocycles. The summed E-state index contributed by atoms with van der Waals surface area (Å²) in [5, 5.41) is 17.6. The molecule has 1 fully saturated rings. The second-order valence-electron chi connectivity index (χ2n) is 6.88. The van der Waals surface area contributed by atoms with Gasteiger partial charge in [-0.15, -0.1) is 11.3 Å². The second kappa shape index (κ2) is 8.36. The first-order valence-corrected chi connectivity index (χ1v) is 9.87. The number of amides is 1. The van der Waals surface area contributed by atoms with E-state index in [2.05, 4.69) is 17.6 Å². The molecule has 3 rings (SSSR count). The van der Waals surface area contributed by atoms with Crippen molar-refractivity contribution >= 4 is 34.6 Å². The number of benzene rings is 1. The normalized spacial score (nSPS) is 19.7. The zero-order valence-corrected chi connectivity index (χ0v) is 15.6. The van der Waals surface area contributed by atoms with Crippen LogP contribution < -0.4 is 10.6 Å². The molecule has 0 radical (unpaired) electrons. The van der Waals surface area contributed by atoms with Crippen LogP contribution in [0.5, 0.6) is 0 Å². The molecule has 1 aliphatic carbocycles.